The lowest BCUT2D eigenvalue weighted by Gasteiger charge is -2.34. The van der Waals surface area contributed by atoms with Crippen LogP contribution in [0.2, 0.25) is 4.34 Å². The van der Waals surface area contributed by atoms with Crippen LogP contribution in [0.15, 0.2) is 24.5 Å². The number of carbonyl (C=O) groups excluding carboxylic acids is 2. The summed E-state index contributed by atoms with van der Waals surface area (Å²) in [6.07, 6.45) is 7.44. The van der Waals surface area contributed by atoms with E-state index in [1.807, 2.05) is 4.52 Å². The first-order valence-electron chi connectivity index (χ1n) is 15.0. The highest BCUT2D eigenvalue weighted by molar-refractivity contribution is 7.18. The van der Waals surface area contributed by atoms with Gasteiger partial charge in [-0.3, -0.25) is 9.59 Å². The molecule has 1 saturated carbocycles. The van der Waals surface area contributed by atoms with Gasteiger partial charge in [-0.2, -0.15) is 5.10 Å². The summed E-state index contributed by atoms with van der Waals surface area (Å²) in [6.45, 7) is 6.35. The zero-order valence-corrected chi connectivity index (χ0v) is 26.0. The van der Waals surface area contributed by atoms with Crippen LogP contribution < -0.4 is 20.7 Å². The second-order valence-electron chi connectivity index (χ2n) is 12.4. The van der Waals surface area contributed by atoms with Crippen molar-refractivity contribution < 1.29 is 14.3 Å². The van der Waals surface area contributed by atoms with Crippen molar-refractivity contribution in [2.75, 3.05) is 56.9 Å². The molecule has 7 rings (SSSR count). The molecular weight excluding hydrogens is 588 g/mol. The average Bonchev–Trinajstić information content (AvgIpc) is 3.77. The lowest BCUT2D eigenvalue weighted by molar-refractivity contribution is -0.127. The van der Waals surface area contributed by atoms with E-state index in [-0.39, 0.29) is 24.0 Å². The van der Waals surface area contributed by atoms with Gasteiger partial charge in [0.25, 0.3) is 5.91 Å². The number of anilines is 2. The van der Waals surface area contributed by atoms with Crippen LogP contribution in [0.25, 0.3) is 11.1 Å². The molecule has 1 aliphatic carbocycles. The van der Waals surface area contributed by atoms with E-state index in [2.05, 4.69) is 44.4 Å². The van der Waals surface area contributed by atoms with Gasteiger partial charge in [0.2, 0.25) is 5.91 Å². The molecule has 6 heterocycles. The maximum Gasteiger partial charge on any atom is 0.265 e. The number of rotatable bonds is 6. The van der Waals surface area contributed by atoms with Crippen molar-refractivity contribution in [3.05, 3.63) is 39.4 Å². The van der Waals surface area contributed by atoms with Gasteiger partial charge in [0, 0.05) is 58.3 Å². The van der Waals surface area contributed by atoms with Gasteiger partial charge in [0.15, 0.2) is 5.82 Å². The minimum absolute atomic E-state index is 0.0373. The molecule has 2 amide bonds. The van der Waals surface area contributed by atoms with E-state index in [1.54, 1.807) is 17.9 Å². The molecule has 3 aromatic heterocycles. The van der Waals surface area contributed by atoms with Gasteiger partial charge in [-0.25, -0.2) is 9.50 Å². The number of piperidine rings is 1. The van der Waals surface area contributed by atoms with Gasteiger partial charge in [0.1, 0.15) is 22.5 Å². The quantitative estimate of drug-likeness (QED) is 0.428. The maximum atomic E-state index is 13.6. The van der Waals surface area contributed by atoms with Crippen molar-refractivity contribution in [1.82, 2.24) is 29.7 Å². The molecule has 3 aliphatic heterocycles. The van der Waals surface area contributed by atoms with E-state index in [0.717, 1.165) is 67.8 Å². The number of nitrogens with zero attached hydrogens (tertiary/aromatic N) is 6. The Labute approximate surface area is 259 Å². The van der Waals surface area contributed by atoms with Gasteiger partial charge in [-0.1, -0.05) is 17.7 Å². The largest absolute Gasteiger partial charge is 0.489 e. The number of halogens is 1. The standard InChI is InChI=1S/C30H37ClN8O3S/c1-17(40)37-7-5-18(14-37)23-10-24(27-29(32)33-16-34-39(23)27)38-6-3-4-21(15-38)35-30(41)28-25(11-26(31)43-28)42-22-8-19-12-36(2)13-20(19)9-22/h5,10-11,16,19-22H,3-4,6-9,12-15H2,1-2H3,(H,35,41)(H2,32,33,34)/t19-,20+,21-,22?/m1/s1. The first-order chi connectivity index (χ1) is 20.7. The number of thiophene rings is 1. The van der Waals surface area contributed by atoms with E-state index in [1.165, 1.54) is 17.7 Å². The van der Waals surface area contributed by atoms with Crippen molar-refractivity contribution in [2.45, 2.75) is 44.8 Å². The van der Waals surface area contributed by atoms with E-state index < -0.39 is 0 Å². The van der Waals surface area contributed by atoms with Gasteiger partial charge in [-0.15, -0.1) is 11.3 Å². The highest BCUT2D eigenvalue weighted by atomic mass is 35.5. The number of likely N-dealkylation sites (tertiary alicyclic amines) is 1. The van der Waals surface area contributed by atoms with E-state index in [4.69, 9.17) is 22.1 Å². The Morgan fingerprint density at radius 1 is 1.19 bits per heavy atom. The second-order valence-corrected chi connectivity index (χ2v) is 14.1. The van der Waals surface area contributed by atoms with Gasteiger partial charge in [-0.05, 0) is 56.2 Å². The molecule has 0 bridgehead atoms. The molecule has 0 radical (unpaired) electrons. The Morgan fingerprint density at radius 3 is 2.72 bits per heavy atom. The number of fused-ring (bicyclic) bond motifs is 2. The molecular formula is C30H37ClN8O3S. The summed E-state index contributed by atoms with van der Waals surface area (Å²) in [5.41, 5.74) is 9.97. The monoisotopic (exact) mass is 624 g/mol. The highest BCUT2D eigenvalue weighted by Gasteiger charge is 2.41. The Balaban J connectivity index is 1.07. The summed E-state index contributed by atoms with van der Waals surface area (Å²) in [4.78, 5) is 36.8. The van der Waals surface area contributed by atoms with Gasteiger partial charge >= 0.3 is 0 Å². The SMILES string of the molecule is CC(=O)N1CC=C(c2cc(N3CCC[C@@H](NC(=O)c4sc(Cl)cc4OC4C[C@@H]5CN(C)C[C@@H]5C4)C3)c3c(N)ncnn23)C1. The molecule has 228 valence electrons. The minimum Gasteiger partial charge on any atom is -0.489 e. The third-order valence-electron chi connectivity index (χ3n) is 9.41. The molecule has 0 spiro atoms. The molecule has 3 fully saturated rings. The number of carbonyl (C=O) groups is 2. The fourth-order valence-corrected chi connectivity index (χ4v) is 8.46. The molecule has 2 saturated heterocycles. The number of aromatic nitrogens is 3. The molecule has 4 atom stereocenters. The summed E-state index contributed by atoms with van der Waals surface area (Å²) < 4.78 is 8.78. The number of nitrogens with one attached hydrogen (secondary N) is 1. The Morgan fingerprint density at radius 2 is 1.98 bits per heavy atom. The predicted molar refractivity (Wildman–Crippen MR) is 168 cm³/mol. The predicted octanol–water partition coefficient (Wildman–Crippen LogP) is 3.39. The van der Waals surface area contributed by atoms with E-state index >= 15 is 0 Å². The van der Waals surface area contributed by atoms with Crippen molar-refractivity contribution in [1.29, 1.82) is 0 Å². The molecule has 13 heteroatoms. The third kappa shape index (κ3) is 5.44. The average molecular weight is 625 g/mol. The van der Waals surface area contributed by atoms with Crippen molar-refractivity contribution >= 4 is 57.3 Å². The summed E-state index contributed by atoms with van der Waals surface area (Å²) in [6, 6.07) is 3.80. The smallest absolute Gasteiger partial charge is 0.265 e. The first-order valence-corrected chi connectivity index (χ1v) is 16.2. The fraction of sp³-hybridized carbons (Fsp3) is 0.533. The maximum absolute atomic E-state index is 13.6. The topological polar surface area (TPSA) is 121 Å². The Hall–Kier alpha value is -3.35. The van der Waals surface area contributed by atoms with E-state index in [9.17, 15) is 9.59 Å². The zero-order valence-electron chi connectivity index (χ0n) is 24.5. The fourth-order valence-electron chi connectivity index (χ4n) is 7.41. The van der Waals surface area contributed by atoms with Gasteiger partial charge in [0.05, 0.1) is 21.8 Å². The molecule has 3 N–H and O–H groups in total. The molecule has 0 aromatic carbocycles. The summed E-state index contributed by atoms with van der Waals surface area (Å²) in [7, 11) is 2.18. The minimum atomic E-state index is -0.151. The number of amides is 2. The second kappa shape index (κ2) is 11.3. The van der Waals surface area contributed by atoms with Crippen LogP contribution in [0, 0.1) is 11.8 Å². The van der Waals surface area contributed by atoms with Crippen LogP contribution in [-0.4, -0.2) is 94.7 Å². The molecule has 3 aromatic rings. The number of ether oxygens (including phenoxy) is 1. The van der Waals surface area contributed by atoms with Crippen molar-refractivity contribution in [2.24, 2.45) is 11.8 Å². The number of hydrogen-bond acceptors (Lipinski definition) is 9. The molecule has 11 nitrogen and oxygen atoms in total. The molecule has 4 aliphatic rings. The van der Waals surface area contributed by atoms with Crippen LogP contribution in [0.3, 0.4) is 0 Å². The molecule has 43 heavy (non-hydrogen) atoms. The van der Waals surface area contributed by atoms with Crippen LogP contribution in [0.4, 0.5) is 11.5 Å². The van der Waals surface area contributed by atoms with Crippen LogP contribution >= 0.6 is 22.9 Å². The third-order valence-corrected chi connectivity index (χ3v) is 10.7. The normalized spacial score (nSPS) is 25.8. The Kier molecular flexibility index (Phi) is 7.46. The van der Waals surface area contributed by atoms with E-state index in [0.29, 0.717) is 52.3 Å². The Bertz CT molecular complexity index is 1590. The first kappa shape index (κ1) is 28.4. The number of nitrogens with two attached hydrogens (primary N) is 1. The van der Waals surface area contributed by atoms with Gasteiger partial charge < -0.3 is 30.5 Å². The summed E-state index contributed by atoms with van der Waals surface area (Å²) >= 11 is 7.67. The zero-order chi connectivity index (χ0) is 29.8. The van der Waals surface area contributed by atoms with Crippen LogP contribution in [-0.2, 0) is 4.79 Å². The lowest BCUT2D eigenvalue weighted by atomic mass is 10.0. The lowest BCUT2D eigenvalue weighted by Crippen LogP contribution is -2.47. The van der Waals surface area contributed by atoms with Crippen LogP contribution in [0.1, 0.15) is 48.0 Å². The highest BCUT2D eigenvalue weighted by Crippen LogP contribution is 2.42. The molecule has 1 unspecified atom stereocenters. The number of hydrogen-bond donors (Lipinski definition) is 2. The number of nitrogen functional groups attached to an aromatic ring is 1. The van der Waals surface area contributed by atoms with Crippen LogP contribution in [0.5, 0.6) is 5.75 Å². The van der Waals surface area contributed by atoms with Crippen molar-refractivity contribution in [3.63, 3.8) is 0 Å². The summed E-state index contributed by atoms with van der Waals surface area (Å²) in [5, 5.41) is 7.77. The summed E-state index contributed by atoms with van der Waals surface area (Å²) in [5.74, 6) is 2.20. The van der Waals surface area contributed by atoms with Crippen molar-refractivity contribution in [3.8, 4) is 5.75 Å².